The fraction of sp³-hybridized carbons (Fsp3) is 0.938. The van der Waals surface area contributed by atoms with Crippen molar-refractivity contribution >= 4 is 17.5 Å². The molecule has 0 aromatic rings. The van der Waals surface area contributed by atoms with Crippen LogP contribution in [0.25, 0.3) is 0 Å². The maximum absolute atomic E-state index is 12.2. The summed E-state index contributed by atoms with van der Waals surface area (Å²) in [5, 5.41) is 3.20. The summed E-state index contributed by atoms with van der Waals surface area (Å²) < 4.78 is 0. The monoisotopic (exact) mass is 287 g/mol. The third-order valence-corrected chi connectivity index (χ3v) is 4.45. The average molecular weight is 288 g/mol. The van der Waals surface area contributed by atoms with Gasteiger partial charge in [0, 0.05) is 18.3 Å². The van der Waals surface area contributed by atoms with Crippen LogP contribution in [-0.2, 0) is 4.79 Å². The lowest BCUT2D eigenvalue weighted by molar-refractivity contribution is -0.123. The number of halogens is 1. The highest BCUT2D eigenvalue weighted by Crippen LogP contribution is 2.26. The van der Waals surface area contributed by atoms with Gasteiger partial charge in [-0.1, -0.05) is 46.5 Å². The summed E-state index contributed by atoms with van der Waals surface area (Å²) >= 11 is 5.85. The molecule has 0 aromatic carbocycles. The molecule has 1 fully saturated rings. The molecular weight excluding hydrogens is 258 g/mol. The lowest BCUT2D eigenvalue weighted by Gasteiger charge is -2.31. The third kappa shape index (κ3) is 6.65. The van der Waals surface area contributed by atoms with Crippen molar-refractivity contribution in [1.82, 2.24) is 5.32 Å². The van der Waals surface area contributed by atoms with E-state index in [2.05, 4.69) is 26.1 Å². The molecule has 1 amide bonds. The minimum Gasteiger partial charge on any atom is -0.353 e. The molecule has 1 atom stereocenters. The summed E-state index contributed by atoms with van der Waals surface area (Å²) in [6.45, 7) is 6.49. The van der Waals surface area contributed by atoms with Gasteiger partial charge in [0.2, 0.25) is 5.91 Å². The number of alkyl halides is 1. The topological polar surface area (TPSA) is 29.1 Å². The van der Waals surface area contributed by atoms with Crippen LogP contribution in [0.1, 0.15) is 72.1 Å². The molecule has 0 aliphatic heterocycles. The minimum absolute atomic E-state index is 0.0774. The van der Waals surface area contributed by atoms with E-state index in [0.717, 1.165) is 6.42 Å². The van der Waals surface area contributed by atoms with Gasteiger partial charge in [-0.2, -0.15) is 0 Å². The van der Waals surface area contributed by atoms with Crippen molar-refractivity contribution in [3.63, 3.8) is 0 Å². The van der Waals surface area contributed by atoms with Crippen molar-refractivity contribution < 1.29 is 4.79 Å². The van der Waals surface area contributed by atoms with Crippen LogP contribution in [0.4, 0.5) is 0 Å². The standard InChI is InChI=1S/C16H30ClNO/c1-16(2,3)14(10-11-17)18-15(19)12-13-8-6-4-5-7-9-13/h13-14H,4-12H2,1-3H3,(H,18,19). The van der Waals surface area contributed by atoms with Crippen LogP contribution in [0.2, 0.25) is 0 Å². The quantitative estimate of drug-likeness (QED) is 0.585. The van der Waals surface area contributed by atoms with Gasteiger partial charge in [0.25, 0.3) is 0 Å². The molecule has 1 aliphatic carbocycles. The van der Waals surface area contributed by atoms with E-state index in [-0.39, 0.29) is 17.4 Å². The van der Waals surface area contributed by atoms with E-state index >= 15 is 0 Å². The van der Waals surface area contributed by atoms with Crippen molar-refractivity contribution in [1.29, 1.82) is 0 Å². The van der Waals surface area contributed by atoms with Crippen LogP contribution in [0.5, 0.6) is 0 Å². The lowest BCUT2D eigenvalue weighted by Crippen LogP contribution is -2.44. The number of hydrogen-bond acceptors (Lipinski definition) is 1. The number of carbonyl (C=O) groups is 1. The molecule has 1 rings (SSSR count). The molecule has 0 aromatic heterocycles. The summed E-state index contributed by atoms with van der Waals surface area (Å²) in [4.78, 5) is 12.2. The lowest BCUT2D eigenvalue weighted by atomic mass is 9.84. The first-order chi connectivity index (χ1) is 8.93. The van der Waals surface area contributed by atoms with E-state index in [1.54, 1.807) is 0 Å². The second-order valence-electron chi connectivity index (χ2n) is 7.03. The van der Waals surface area contributed by atoms with Gasteiger partial charge >= 0.3 is 0 Å². The zero-order chi connectivity index (χ0) is 14.3. The molecule has 112 valence electrons. The molecule has 3 heteroatoms. The van der Waals surface area contributed by atoms with Crippen molar-refractivity contribution in [3.8, 4) is 0 Å². The summed E-state index contributed by atoms with van der Waals surface area (Å²) in [7, 11) is 0. The van der Waals surface area contributed by atoms with E-state index < -0.39 is 0 Å². The second-order valence-corrected chi connectivity index (χ2v) is 7.40. The Hall–Kier alpha value is -0.240. The van der Waals surface area contributed by atoms with Crippen LogP contribution in [0.15, 0.2) is 0 Å². The van der Waals surface area contributed by atoms with Gasteiger partial charge < -0.3 is 5.32 Å². The summed E-state index contributed by atoms with van der Waals surface area (Å²) in [6, 6.07) is 0.184. The number of nitrogens with one attached hydrogen (secondary N) is 1. The number of rotatable bonds is 5. The number of carbonyl (C=O) groups excluding carboxylic acids is 1. The fourth-order valence-corrected chi connectivity index (χ4v) is 3.13. The summed E-state index contributed by atoms with van der Waals surface area (Å²) in [6.07, 6.45) is 9.27. The normalized spacial score (nSPS) is 19.8. The SMILES string of the molecule is CC(C)(C)C(CCCl)NC(=O)CC1CCCCCC1. The second kappa shape index (κ2) is 8.14. The first kappa shape index (κ1) is 16.8. The largest absolute Gasteiger partial charge is 0.353 e. The van der Waals surface area contributed by atoms with Crippen molar-refractivity contribution in [2.75, 3.05) is 5.88 Å². The molecule has 0 spiro atoms. The van der Waals surface area contributed by atoms with Gasteiger partial charge in [-0.15, -0.1) is 11.6 Å². The van der Waals surface area contributed by atoms with Gasteiger partial charge in [0.15, 0.2) is 0 Å². The predicted molar refractivity (Wildman–Crippen MR) is 82.5 cm³/mol. The minimum atomic E-state index is 0.0774. The van der Waals surface area contributed by atoms with Gasteiger partial charge in [0.1, 0.15) is 0 Å². The molecular formula is C16H30ClNO. The highest BCUT2D eigenvalue weighted by Gasteiger charge is 2.26. The van der Waals surface area contributed by atoms with Crippen LogP contribution in [0, 0.1) is 11.3 Å². The van der Waals surface area contributed by atoms with Crippen LogP contribution in [-0.4, -0.2) is 17.8 Å². The Bertz CT molecular complexity index is 264. The first-order valence-electron chi connectivity index (χ1n) is 7.79. The van der Waals surface area contributed by atoms with Crippen LogP contribution < -0.4 is 5.32 Å². The van der Waals surface area contributed by atoms with Crippen LogP contribution in [0.3, 0.4) is 0 Å². The molecule has 1 aliphatic rings. The van der Waals surface area contributed by atoms with Gasteiger partial charge in [0.05, 0.1) is 0 Å². The van der Waals surface area contributed by atoms with E-state index in [0.29, 0.717) is 18.2 Å². The van der Waals surface area contributed by atoms with E-state index in [1.165, 1.54) is 38.5 Å². The van der Waals surface area contributed by atoms with E-state index in [1.807, 2.05) is 0 Å². The molecule has 1 saturated carbocycles. The Morgan fingerprint density at radius 1 is 1.21 bits per heavy atom. The number of hydrogen-bond donors (Lipinski definition) is 1. The highest BCUT2D eigenvalue weighted by atomic mass is 35.5. The van der Waals surface area contributed by atoms with E-state index in [4.69, 9.17) is 11.6 Å². The van der Waals surface area contributed by atoms with Gasteiger partial charge in [-0.25, -0.2) is 0 Å². The van der Waals surface area contributed by atoms with Crippen molar-refractivity contribution in [3.05, 3.63) is 0 Å². The highest BCUT2D eigenvalue weighted by molar-refractivity contribution is 6.17. The maximum atomic E-state index is 12.2. The molecule has 19 heavy (non-hydrogen) atoms. The zero-order valence-electron chi connectivity index (χ0n) is 12.8. The average Bonchev–Trinajstić information content (AvgIpc) is 2.56. The Morgan fingerprint density at radius 3 is 2.26 bits per heavy atom. The summed E-state index contributed by atoms with van der Waals surface area (Å²) in [5.74, 6) is 1.42. The molecule has 1 N–H and O–H groups in total. The molecule has 0 heterocycles. The Morgan fingerprint density at radius 2 is 1.79 bits per heavy atom. The molecule has 0 saturated heterocycles. The smallest absolute Gasteiger partial charge is 0.220 e. The van der Waals surface area contributed by atoms with Crippen molar-refractivity contribution in [2.24, 2.45) is 11.3 Å². The zero-order valence-corrected chi connectivity index (χ0v) is 13.6. The van der Waals surface area contributed by atoms with Gasteiger partial charge in [-0.3, -0.25) is 4.79 Å². The Balaban J connectivity index is 2.43. The Kier molecular flexibility index (Phi) is 7.20. The van der Waals surface area contributed by atoms with Crippen LogP contribution >= 0.6 is 11.6 Å². The molecule has 1 unspecified atom stereocenters. The first-order valence-corrected chi connectivity index (χ1v) is 8.32. The molecule has 2 nitrogen and oxygen atoms in total. The van der Waals surface area contributed by atoms with Gasteiger partial charge in [-0.05, 0) is 30.6 Å². The maximum Gasteiger partial charge on any atom is 0.220 e. The molecule has 0 bridgehead atoms. The number of amides is 1. The molecule has 0 radical (unpaired) electrons. The van der Waals surface area contributed by atoms with Crippen molar-refractivity contribution in [2.45, 2.75) is 78.2 Å². The predicted octanol–water partition coefficient (Wildman–Crippen LogP) is 4.51. The summed E-state index contributed by atoms with van der Waals surface area (Å²) in [5.41, 5.74) is 0.0774. The van der Waals surface area contributed by atoms with E-state index in [9.17, 15) is 4.79 Å². The third-order valence-electron chi connectivity index (χ3n) is 4.23. The fourth-order valence-electron chi connectivity index (χ4n) is 2.91. The Labute approximate surface area is 123 Å².